The Bertz CT molecular complexity index is 748. The number of fused-ring (bicyclic) bond motifs is 1. The molecule has 0 bridgehead atoms. The molecule has 124 valence electrons. The fourth-order valence-corrected chi connectivity index (χ4v) is 3.10. The molecular weight excluding hydrogens is 318 g/mol. The van der Waals surface area contributed by atoms with Gasteiger partial charge in [-0.25, -0.2) is 14.3 Å². The molecule has 2 aromatic heterocycles. The van der Waals surface area contributed by atoms with Crippen molar-refractivity contribution in [1.82, 2.24) is 29.9 Å². The molecule has 0 aliphatic carbocycles. The topological polar surface area (TPSA) is 107 Å². The molecule has 0 saturated carbocycles. The maximum atomic E-state index is 12.1. The van der Waals surface area contributed by atoms with Gasteiger partial charge in [0.25, 0.3) is 0 Å². The second kappa shape index (κ2) is 6.90. The van der Waals surface area contributed by atoms with Crippen molar-refractivity contribution in [1.29, 1.82) is 0 Å². The molecule has 2 N–H and O–H groups in total. The van der Waals surface area contributed by atoms with Crippen molar-refractivity contribution in [2.75, 3.05) is 11.9 Å². The molecule has 2 amide bonds. The van der Waals surface area contributed by atoms with E-state index in [2.05, 4.69) is 25.9 Å². The number of carbonyl (C=O) groups excluding carboxylic acids is 1. The van der Waals surface area contributed by atoms with Crippen molar-refractivity contribution < 1.29 is 4.79 Å². The number of hydrogen-bond acceptors (Lipinski definition) is 6. The Hall–Kier alpha value is -2.23. The molecule has 10 heteroatoms. The van der Waals surface area contributed by atoms with Crippen LogP contribution in [-0.2, 0) is 19.5 Å². The summed E-state index contributed by atoms with van der Waals surface area (Å²) in [7, 11) is 0. The molecule has 3 heterocycles. The summed E-state index contributed by atoms with van der Waals surface area (Å²) in [5.41, 5.74) is -0.0477. The quantitative estimate of drug-likeness (QED) is 0.783. The van der Waals surface area contributed by atoms with Crippen LogP contribution in [0.15, 0.2) is 4.79 Å². The van der Waals surface area contributed by atoms with Crippen LogP contribution in [0.2, 0.25) is 0 Å². The van der Waals surface area contributed by atoms with E-state index >= 15 is 0 Å². The Labute approximate surface area is 136 Å². The van der Waals surface area contributed by atoms with Crippen molar-refractivity contribution in [2.24, 2.45) is 0 Å². The Balaban J connectivity index is 1.44. The molecule has 0 fully saturated rings. The van der Waals surface area contributed by atoms with Gasteiger partial charge in [-0.1, -0.05) is 11.3 Å². The number of nitrogens with one attached hydrogen (secondary N) is 2. The Morgan fingerprint density at radius 1 is 1.35 bits per heavy atom. The summed E-state index contributed by atoms with van der Waals surface area (Å²) in [6.45, 7) is 3.54. The summed E-state index contributed by atoms with van der Waals surface area (Å²) in [5.74, 6) is 0.874. The number of nitrogens with zero attached hydrogens (tertiary/aromatic N) is 5. The molecule has 0 unspecified atom stereocenters. The van der Waals surface area contributed by atoms with Gasteiger partial charge < -0.3 is 5.32 Å². The number of hydrogen-bond donors (Lipinski definition) is 2. The molecule has 0 aromatic carbocycles. The van der Waals surface area contributed by atoms with Crippen LogP contribution in [0, 0.1) is 6.92 Å². The van der Waals surface area contributed by atoms with Crippen molar-refractivity contribution >= 4 is 22.5 Å². The van der Waals surface area contributed by atoms with E-state index in [1.54, 1.807) is 4.57 Å². The van der Waals surface area contributed by atoms with Crippen LogP contribution in [0.1, 0.15) is 30.1 Å². The lowest BCUT2D eigenvalue weighted by Gasteiger charge is -2.09. The minimum atomic E-state index is -0.322. The minimum Gasteiger partial charge on any atom is -0.338 e. The molecule has 1 aliphatic heterocycles. The van der Waals surface area contributed by atoms with Crippen LogP contribution in [0.3, 0.4) is 0 Å². The normalized spacial score (nSPS) is 13.6. The average molecular weight is 337 g/mol. The molecule has 23 heavy (non-hydrogen) atoms. The van der Waals surface area contributed by atoms with Crippen molar-refractivity contribution in [2.45, 2.75) is 45.7 Å². The van der Waals surface area contributed by atoms with E-state index in [-0.39, 0.29) is 11.7 Å². The third kappa shape index (κ3) is 3.76. The number of urea groups is 1. The average Bonchev–Trinajstić information content (AvgIpc) is 3.08. The monoisotopic (exact) mass is 337 g/mol. The molecule has 0 spiro atoms. The first kappa shape index (κ1) is 15.7. The second-order valence-corrected chi connectivity index (χ2v) is 6.57. The second-order valence-electron chi connectivity index (χ2n) is 5.39. The van der Waals surface area contributed by atoms with Gasteiger partial charge in [0.2, 0.25) is 5.13 Å². The van der Waals surface area contributed by atoms with Gasteiger partial charge in [-0.2, -0.15) is 5.10 Å². The maximum Gasteiger partial charge on any atom is 0.345 e. The summed E-state index contributed by atoms with van der Waals surface area (Å²) in [6, 6.07) is -0.322. The number of anilines is 1. The van der Waals surface area contributed by atoms with Crippen LogP contribution in [0.4, 0.5) is 9.93 Å². The van der Waals surface area contributed by atoms with Crippen LogP contribution in [-0.4, -0.2) is 37.1 Å². The maximum absolute atomic E-state index is 12.1. The summed E-state index contributed by atoms with van der Waals surface area (Å²) in [6.07, 6.45) is 3.62. The zero-order valence-corrected chi connectivity index (χ0v) is 13.7. The van der Waals surface area contributed by atoms with Gasteiger partial charge in [0, 0.05) is 26.1 Å². The first-order valence-corrected chi connectivity index (χ1v) is 8.46. The van der Waals surface area contributed by atoms with Crippen molar-refractivity contribution in [3.05, 3.63) is 21.3 Å². The van der Waals surface area contributed by atoms with E-state index in [0.29, 0.717) is 24.6 Å². The highest BCUT2D eigenvalue weighted by Gasteiger charge is 2.16. The first-order valence-electron chi connectivity index (χ1n) is 7.65. The third-order valence-corrected chi connectivity index (χ3v) is 4.36. The number of amides is 2. The first-order chi connectivity index (χ1) is 11.1. The third-order valence-electron chi connectivity index (χ3n) is 3.61. The highest BCUT2D eigenvalue weighted by Crippen LogP contribution is 2.13. The smallest absolute Gasteiger partial charge is 0.338 e. The Kier molecular flexibility index (Phi) is 4.70. The van der Waals surface area contributed by atoms with E-state index in [1.165, 1.54) is 16.0 Å². The molecule has 3 rings (SSSR count). The Morgan fingerprint density at radius 3 is 2.96 bits per heavy atom. The summed E-state index contributed by atoms with van der Waals surface area (Å²) in [5, 5.41) is 18.6. The molecule has 0 atom stereocenters. The van der Waals surface area contributed by atoms with Crippen LogP contribution in [0.25, 0.3) is 0 Å². The number of aromatic nitrogens is 5. The van der Waals surface area contributed by atoms with Crippen molar-refractivity contribution in [3.63, 3.8) is 0 Å². The van der Waals surface area contributed by atoms with Gasteiger partial charge in [0.15, 0.2) is 0 Å². The lowest BCUT2D eigenvalue weighted by molar-refractivity contribution is 0.251. The molecule has 9 nitrogen and oxygen atoms in total. The molecule has 1 aliphatic rings. The highest BCUT2D eigenvalue weighted by atomic mass is 32.1. The number of rotatable bonds is 5. The summed E-state index contributed by atoms with van der Waals surface area (Å²) >= 11 is 1.32. The SMILES string of the molecule is Cc1nnc(NC(=O)NCCCn2nc3n(c2=O)CCCC3)s1. The zero-order chi connectivity index (χ0) is 16.2. The van der Waals surface area contributed by atoms with E-state index in [0.717, 1.165) is 36.6 Å². The van der Waals surface area contributed by atoms with E-state index in [1.807, 2.05) is 6.92 Å². The summed E-state index contributed by atoms with van der Waals surface area (Å²) < 4.78 is 3.25. The van der Waals surface area contributed by atoms with Gasteiger partial charge in [-0.3, -0.25) is 9.88 Å². The lowest BCUT2D eigenvalue weighted by Crippen LogP contribution is -2.31. The number of carbonyl (C=O) groups is 1. The standard InChI is InChI=1S/C13H19N7O2S/c1-9-16-17-12(23-9)15-11(21)14-6-4-8-20-13(22)19-7-3-2-5-10(19)18-20/h2-8H2,1H3,(H2,14,15,17,21). The number of aryl methyl sites for hydroxylation is 3. The zero-order valence-electron chi connectivity index (χ0n) is 12.9. The minimum absolute atomic E-state index is 0.0477. The van der Waals surface area contributed by atoms with Crippen LogP contribution in [0.5, 0.6) is 0 Å². The van der Waals surface area contributed by atoms with Gasteiger partial charge in [-0.05, 0) is 26.2 Å². The van der Waals surface area contributed by atoms with E-state index < -0.39 is 0 Å². The molecule has 0 saturated heterocycles. The molecular formula is C13H19N7O2S. The predicted octanol–water partition coefficient (Wildman–Crippen LogP) is 0.753. The molecule has 0 radical (unpaired) electrons. The largest absolute Gasteiger partial charge is 0.345 e. The molecule has 2 aromatic rings. The van der Waals surface area contributed by atoms with E-state index in [4.69, 9.17) is 0 Å². The summed E-state index contributed by atoms with van der Waals surface area (Å²) in [4.78, 5) is 23.8. The van der Waals surface area contributed by atoms with Crippen LogP contribution < -0.4 is 16.3 Å². The van der Waals surface area contributed by atoms with E-state index in [9.17, 15) is 9.59 Å². The fraction of sp³-hybridized carbons (Fsp3) is 0.615. The predicted molar refractivity (Wildman–Crippen MR) is 85.7 cm³/mol. The van der Waals surface area contributed by atoms with Crippen LogP contribution >= 0.6 is 11.3 Å². The van der Waals surface area contributed by atoms with Gasteiger partial charge >= 0.3 is 11.7 Å². The Morgan fingerprint density at radius 2 is 2.22 bits per heavy atom. The lowest BCUT2D eigenvalue weighted by atomic mass is 10.2. The van der Waals surface area contributed by atoms with Gasteiger partial charge in [-0.15, -0.1) is 10.2 Å². The fourth-order valence-electron chi connectivity index (χ4n) is 2.51. The van der Waals surface area contributed by atoms with Gasteiger partial charge in [0.1, 0.15) is 10.8 Å². The van der Waals surface area contributed by atoms with Gasteiger partial charge in [0.05, 0.1) is 0 Å². The van der Waals surface area contributed by atoms with Crippen molar-refractivity contribution in [3.8, 4) is 0 Å². The highest BCUT2D eigenvalue weighted by molar-refractivity contribution is 7.15.